The number of nitrogens with zero attached hydrogens (tertiary/aromatic N) is 1. The second kappa shape index (κ2) is 5.79. The lowest BCUT2D eigenvalue weighted by atomic mass is 10.00. The molecule has 1 aromatic carbocycles. The minimum absolute atomic E-state index is 0.120. The number of halogens is 1. The average Bonchev–Trinajstić information content (AvgIpc) is 3.19. The van der Waals surface area contributed by atoms with Crippen molar-refractivity contribution in [3.05, 3.63) is 46.9 Å². The molecule has 2 aromatic rings. The van der Waals surface area contributed by atoms with E-state index < -0.39 is 17.6 Å². The highest BCUT2D eigenvalue weighted by Crippen LogP contribution is 2.38. The second-order valence-corrected chi connectivity index (χ2v) is 6.23. The van der Waals surface area contributed by atoms with Crippen molar-refractivity contribution < 1.29 is 28.6 Å². The van der Waals surface area contributed by atoms with Gasteiger partial charge in [0.2, 0.25) is 0 Å². The molecule has 0 bridgehead atoms. The Morgan fingerprint density at radius 2 is 2.04 bits per heavy atom. The summed E-state index contributed by atoms with van der Waals surface area (Å²) < 4.78 is 27.0. The summed E-state index contributed by atoms with van der Waals surface area (Å²) >= 11 is 0. The van der Waals surface area contributed by atoms with Crippen LogP contribution in [0.1, 0.15) is 32.8 Å². The normalized spacial score (nSPS) is 18.3. The largest absolute Gasteiger partial charge is 0.478 e. The zero-order valence-corrected chi connectivity index (χ0v) is 13.3. The number of carboxylic acids is 1. The molecule has 2 aliphatic rings. The Morgan fingerprint density at radius 1 is 1.28 bits per heavy atom. The molecule has 0 saturated carbocycles. The first kappa shape index (κ1) is 16.0. The van der Waals surface area contributed by atoms with Gasteiger partial charge >= 0.3 is 5.97 Å². The van der Waals surface area contributed by atoms with Gasteiger partial charge in [-0.1, -0.05) is 0 Å². The van der Waals surface area contributed by atoms with Gasteiger partial charge in [0.05, 0.1) is 18.8 Å². The molecule has 25 heavy (non-hydrogen) atoms. The van der Waals surface area contributed by atoms with E-state index in [1.807, 2.05) is 4.57 Å². The van der Waals surface area contributed by atoms with Crippen LogP contribution in [0.5, 0.6) is 0 Å². The molecule has 1 saturated heterocycles. The number of carbonyl (C=O) groups excluding carboxylic acids is 1. The average molecular weight is 345 g/mol. The molecule has 0 aliphatic carbocycles. The van der Waals surface area contributed by atoms with Gasteiger partial charge in [-0.25, -0.2) is 9.18 Å². The Hall–Kier alpha value is -2.51. The number of aromatic carboxylic acids is 1. The van der Waals surface area contributed by atoms with E-state index in [2.05, 4.69) is 0 Å². The number of fused-ring (bicyclic) bond motifs is 1. The van der Waals surface area contributed by atoms with Crippen LogP contribution in [0, 0.1) is 5.82 Å². The molecule has 1 spiro atoms. The van der Waals surface area contributed by atoms with Crippen LogP contribution in [0.25, 0.3) is 11.3 Å². The van der Waals surface area contributed by atoms with Gasteiger partial charge in [-0.15, -0.1) is 0 Å². The minimum atomic E-state index is -1.07. The minimum Gasteiger partial charge on any atom is -0.478 e. The summed E-state index contributed by atoms with van der Waals surface area (Å²) in [5, 5.41) is 9.57. The fourth-order valence-corrected chi connectivity index (χ4v) is 3.67. The van der Waals surface area contributed by atoms with Crippen LogP contribution in [0.3, 0.4) is 0 Å². The van der Waals surface area contributed by atoms with Gasteiger partial charge in [0, 0.05) is 41.9 Å². The van der Waals surface area contributed by atoms with Crippen LogP contribution in [-0.2, 0) is 22.4 Å². The Bertz CT molecular complexity index is 867. The molecular weight excluding hydrogens is 329 g/mol. The first-order valence-corrected chi connectivity index (χ1v) is 8.02. The van der Waals surface area contributed by atoms with Gasteiger partial charge < -0.3 is 19.1 Å². The molecule has 1 fully saturated rings. The Morgan fingerprint density at radius 3 is 2.72 bits per heavy atom. The highest BCUT2D eigenvalue weighted by Gasteiger charge is 2.42. The fraction of sp³-hybridized carbons (Fsp3) is 0.333. The van der Waals surface area contributed by atoms with Crippen LogP contribution in [-0.4, -0.2) is 40.9 Å². The quantitative estimate of drug-likeness (QED) is 0.865. The number of carbonyl (C=O) groups is 2. The highest BCUT2D eigenvalue weighted by molar-refractivity contribution is 5.93. The van der Waals surface area contributed by atoms with E-state index in [-0.39, 0.29) is 5.56 Å². The summed E-state index contributed by atoms with van der Waals surface area (Å²) in [4.78, 5) is 23.0. The number of aromatic nitrogens is 1. The molecule has 2 aliphatic heterocycles. The van der Waals surface area contributed by atoms with E-state index >= 15 is 0 Å². The number of rotatable bonds is 3. The maximum absolute atomic E-state index is 13.7. The first-order valence-electron chi connectivity index (χ1n) is 8.02. The molecule has 3 heterocycles. The van der Waals surface area contributed by atoms with Crippen molar-refractivity contribution in [1.29, 1.82) is 0 Å². The van der Waals surface area contributed by atoms with E-state index in [0.29, 0.717) is 61.4 Å². The molecule has 0 atom stereocenters. The first-order chi connectivity index (χ1) is 12.0. The van der Waals surface area contributed by atoms with Gasteiger partial charge in [0.15, 0.2) is 12.1 Å². The number of carboxylic acid groups (broad SMARTS) is 1. The van der Waals surface area contributed by atoms with E-state index in [9.17, 15) is 19.1 Å². The molecule has 6 nitrogen and oxygen atoms in total. The van der Waals surface area contributed by atoms with Crippen molar-refractivity contribution in [1.82, 2.24) is 4.57 Å². The van der Waals surface area contributed by atoms with Gasteiger partial charge in [0.25, 0.3) is 0 Å². The molecule has 1 aromatic heterocycles. The van der Waals surface area contributed by atoms with E-state index in [1.165, 1.54) is 24.3 Å². The van der Waals surface area contributed by atoms with E-state index in [4.69, 9.17) is 9.47 Å². The topological polar surface area (TPSA) is 77.8 Å². The molecule has 4 rings (SSSR count). The van der Waals surface area contributed by atoms with Crippen molar-refractivity contribution in [3.63, 3.8) is 0 Å². The number of aldehydes is 1. The fourth-order valence-electron chi connectivity index (χ4n) is 3.67. The second-order valence-electron chi connectivity index (χ2n) is 6.23. The molecule has 130 valence electrons. The summed E-state index contributed by atoms with van der Waals surface area (Å²) in [7, 11) is 0. The van der Waals surface area contributed by atoms with Gasteiger partial charge in [-0.3, -0.25) is 4.79 Å². The molecule has 1 N–H and O–H groups in total. The van der Waals surface area contributed by atoms with E-state index in [0.717, 1.165) is 0 Å². The van der Waals surface area contributed by atoms with Gasteiger partial charge in [-0.2, -0.15) is 0 Å². The predicted octanol–water partition coefficient (Wildman–Crippen LogP) is 2.49. The lowest BCUT2D eigenvalue weighted by Crippen LogP contribution is -2.39. The van der Waals surface area contributed by atoms with Crippen molar-refractivity contribution in [2.75, 3.05) is 13.2 Å². The third-order valence-electron chi connectivity index (χ3n) is 4.82. The molecule has 7 heteroatoms. The van der Waals surface area contributed by atoms with Crippen molar-refractivity contribution in [3.8, 4) is 11.3 Å². The lowest BCUT2D eigenvalue weighted by molar-refractivity contribution is -0.169. The maximum Gasteiger partial charge on any atom is 0.337 e. The molecule has 0 radical (unpaired) electrons. The van der Waals surface area contributed by atoms with Gasteiger partial charge in [-0.05, 0) is 24.3 Å². The monoisotopic (exact) mass is 345 g/mol. The van der Waals surface area contributed by atoms with Crippen LogP contribution >= 0.6 is 0 Å². The Labute approximate surface area is 142 Å². The summed E-state index contributed by atoms with van der Waals surface area (Å²) in [5.74, 6) is -2.34. The van der Waals surface area contributed by atoms with Crippen LogP contribution in [0.4, 0.5) is 4.39 Å². The predicted molar refractivity (Wildman–Crippen MR) is 85.1 cm³/mol. The van der Waals surface area contributed by atoms with Crippen molar-refractivity contribution in [2.45, 2.75) is 25.2 Å². The zero-order chi connectivity index (χ0) is 17.6. The smallest absolute Gasteiger partial charge is 0.337 e. The number of benzene rings is 1. The zero-order valence-electron chi connectivity index (χ0n) is 13.3. The van der Waals surface area contributed by atoms with Crippen LogP contribution in [0.15, 0.2) is 24.3 Å². The Kier molecular flexibility index (Phi) is 3.70. The molecule has 0 amide bonds. The third kappa shape index (κ3) is 2.56. The van der Waals surface area contributed by atoms with E-state index in [1.54, 1.807) is 0 Å². The number of hydrogen-bond donors (Lipinski definition) is 1. The van der Waals surface area contributed by atoms with Crippen LogP contribution in [0.2, 0.25) is 0 Å². The van der Waals surface area contributed by atoms with Crippen molar-refractivity contribution >= 4 is 12.3 Å². The third-order valence-corrected chi connectivity index (χ3v) is 4.82. The summed E-state index contributed by atoms with van der Waals surface area (Å²) in [6, 6.07) is 5.35. The highest BCUT2D eigenvalue weighted by atomic mass is 19.1. The summed E-state index contributed by atoms with van der Waals surface area (Å²) in [6.45, 7) is 1.43. The van der Waals surface area contributed by atoms with Crippen molar-refractivity contribution in [2.24, 2.45) is 0 Å². The lowest BCUT2D eigenvalue weighted by Gasteiger charge is -2.33. The summed E-state index contributed by atoms with van der Waals surface area (Å²) in [6.07, 6.45) is 1.51. The molecule has 0 unspecified atom stereocenters. The standard InChI is InChI=1S/C18H16FNO5/c19-12-2-1-11(10-21)13(7-12)15-8-14(17(22)23)16-9-18(3-4-20(15)16)24-5-6-25-18/h1-2,7-8,10H,3-6,9H2,(H,22,23). The van der Waals surface area contributed by atoms with Gasteiger partial charge in [0.1, 0.15) is 5.82 Å². The molecular formula is C18H16FNO5. The maximum atomic E-state index is 13.7. The Balaban J connectivity index is 1.88. The van der Waals surface area contributed by atoms with Crippen LogP contribution < -0.4 is 0 Å². The summed E-state index contributed by atoms with van der Waals surface area (Å²) in [5.41, 5.74) is 1.90. The number of hydrogen-bond acceptors (Lipinski definition) is 4. The SMILES string of the molecule is O=Cc1ccc(F)cc1-c1cc(C(=O)O)c2n1CCC1(C2)OCCO1. The number of ether oxygens (including phenoxy) is 2.